The van der Waals surface area contributed by atoms with Crippen LogP contribution in [0, 0.1) is 6.92 Å². The number of hydrazine groups is 1. The van der Waals surface area contributed by atoms with Gasteiger partial charge >= 0.3 is 0 Å². The Morgan fingerprint density at radius 1 is 1.14 bits per heavy atom. The van der Waals surface area contributed by atoms with E-state index in [9.17, 15) is 14.4 Å². The van der Waals surface area contributed by atoms with E-state index in [2.05, 4.69) is 10.9 Å². The maximum absolute atomic E-state index is 12.3. The molecule has 8 heteroatoms. The van der Waals surface area contributed by atoms with Gasteiger partial charge in [0.1, 0.15) is 5.75 Å². The fourth-order valence-corrected chi connectivity index (χ4v) is 3.82. The number of carbonyl (C=O) groups is 3. The molecule has 0 saturated carbocycles. The number of hydrogen-bond donors (Lipinski definition) is 2. The Bertz CT molecular complexity index is 865. The van der Waals surface area contributed by atoms with Crippen LogP contribution in [0.5, 0.6) is 5.75 Å². The Kier molecular flexibility index (Phi) is 6.65. The van der Waals surface area contributed by atoms with Crippen LogP contribution in [0.2, 0.25) is 0 Å². The summed E-state index contributed by atoms with van der Waals surface area (Å²) in [5, 5.41) is 2.04. The highest BCUT2D eigenvalue weighted by Gasteiger charge is 2.21. The summed E-state index contributed by atoms with van der Waals surface area (Å²) in [5.74, 6) is -0.351. The van der Waals surface area contributed by atoms with Gasteiger partial charge in [-0.3, -0.25) is 25.2 Å². The van der Waals surface area contributed by atoms with Crippen LogP contribution >= 0.6 is 11.3 Å². The molecule has 1 aliphatic heterocycles. The van der Waals surface area contributed by atoms with Gasteiger partial charge in [-0.2, -0.15) is 0 Å². The number of fused-ring (bicyclic) bond motifs is 1. The summed E-state index contributed by atoms with van der Waals surface area (Å²) >= 11 is 1.72. The van der Waals surface area contributed by atoms with Gasteiger partial charge in [0.05, 0.1) is 0 Å². The standard InChI is InChI=1S/C20H23N3O4S/c1-14-3-2-4-16(11-14)27-13-19(25)22-21-18(24)5-6-20(26)23-9-7-17-15(12-23)8-10-28-17/h2-4,8,10-11H,5-7,9,12-13H2,1H3,(H,21,24)(H,22,25). The van der Waals surface area contributed by atoms with Crippen molar-refractivity contribution in [2.75, 3.05) is 13.2 Å². The number of aryl methyl sites for hydroxylation is 1. The van der Waals surface area contributed by atoms with Crippen LogP contribution in [0.15, 0.2) is 35.7 Å². The van der Waals surface area contributed by atoms with Crippen LogP contribution in [0.25, 0.3) is 0 Å². The van der Waals surface area contributed by atoms with Gasteiger partial charge in [-0.1, -0.05) is 12.1 Å². The molecule has 3 amide bonds. The summed E-state index contributed by atoms with van der Waals surface area (Å²) in [6, 6.07) is 9.38. The van der Waals surface area contributed by atoms with Gasteiger partial charge in [0.15, 0.2) is 6.61 Å². The molecule has 0 aliphatic carbocycles. The van der Waals surface area contributed by atoms with Gasteiger partial charge in [0.25, 0.3) is 5.91 Å². The summed E-state index contributed by atoms with van der Waals surface area (Å²) in [4.78, 5) is 39.0. The van der Waals surface area contributed by atoms with E-state index in [-0.39, 0.29) is 25.4 Å². The van der Waals surface area contributed by atoms with Gasteiger partial charge in [-0.05, 0) is 48.1 Å². The number of thiophene rings is 1. The Hall–Kier alpha value is -2.87. The molecule has 0 saturated heterocycles. The predicted octanol–water partition coefficient (Wildman–Crippen LogP) is 1.95. The monoisotopic (exact) mass is 401 g/mol. The molecule has 1 aliphatic rings. The van der Waals surface area contributed by atoms with Crippen molar-refractivity contribution in [2.45, 2.75) is 32.7 Å². The summed E-state index contributed by atoms with van der Waals surface area (Å²) in [6.07, 6.45) is 0.994. The average molecular weight is 401 g/mol. The van der Waals surface area contributed by atoms with Gasteiger partial charge in [0, 0.05) is 30.8 Å². The maximum atomic E-state index is 12.3. The Labute approximate surface area is 167 Å². The van der Waals surface area contributed by atoms with Gasteiger partial charge in [-0.25, -0.2) is 0 Å². The zero-order valence-electron chi connectivity index (χ0n) is 15.7. The average Bonchev–Trinajstić information content (AvgIpc) is 3.16. The molecule has 1 aromatic heterocycles. The molecule has 2 heterocycles. The van der Waals surface area contributed by atoms with Gasteiger partial charge in [-0.15, -0.1) is 11.3 Å². The number of amides is 3. The summed E-state index contributed by atoms with van der Waals surface area (Å²) in [5.41, 5.74) is 6.82. The SMILES string of the molecule is Cc1cccc(OCC(=O)NNC(=O)CCC(=O)N2CCc3sccc3C2)c1. The number of ether oxygens (including phenoxy) is 1. The summed E-state index contributed by atoms with van der Waals surface area (Å²) < 4.78 is 5.36. The normalized spacial score (nSPS) is 12.8. The molecule has 7 nitrogen and oxygen atoms in total. The lowest BCUT2D eigenvalue weighted by Crippen LogP contribution is -2.44. The van der Waals surface area contributed by atoms with Crippen molar-refractivity contribution in [1.82, 2.24) is 15.8 Å². The maximum Gasteiger partial charge on any atom is 0.276 e. The molecule has 3 rings (SSSR count). The highest BCUT2D eigenvalue weighted by molar-refractivity contribution is 7.10. The Balaban J connectivity index is 1.33. The van der Waals surface area contributed by atoms with E-state index < -0.39 is 11.8 Å². The van der Waals surface area contributed by atoms with E-state index in [1.807, 2.05) is 36.6 Å². The van der Waals surface area contributed by atoms with Crippen molar-refractivity contribution < 1.29 is 19.1 Å². The lowest BCUT2D eigenvalue weighted by Gasteiger charge is -2.27. The van der Waals surface area contributed by atoms with Crippen LogP contribution in [0.4, 0.5) is 0 Å². The lowest BCUT2D eigenvalue weighted by molar-refractivity contribution is -0.135. The molecule has 2 N–H and O–H groups in total. The summed E-state index contributed by atoms with van der Waals surface area (Å²) in [6.45, 7) is 3.00. The van der Waals surface area contributed by atoms with Crippen LogP contribution < -0.4 is 15.6 Å². The zero-order chi connectivity index (χ0) is 19.9. The van der Waals surface area contributed by atoms with Crippen molar-refractivity contribution in [3.63, 3.8) is 0 Å². The van der Waals surface area contributed by atoms with E-state index in [1.165, 1.54) is 10.4 Å². The minimum atomic E-state index is -0.470. The molecule has 0 unspecified atom stereocenters. The first-order chi connectivity index (χ1) is 13.5. The van der Waals surface area contributed by atoms with E-state index in [4.69, 9.17) is 4.74 Å². The lowest BCUT2D eigenvalue weighted by atomic mass is 10.1. The zero-order valence-corrected chi connectivity index (χ0v) is 16.5. The second-order valence-corrected chi connectivity index (χ2v) is 7.64. The molecular formula is C20H23N3O4S. The molecule has 0 spiro atoms. The number of nitrogens with zero attached hydrogens (tertiary/aromatic N) is 1. The van der Waals surface area contributed by atoms with E-state index in [1.54, 1.807) is 22.3 Å². The second-order valence-electron chi connectivity index (χ2n) is 6.64. The molecule has 0 fully saturated rings. The minimum Gasteiger partial charge on any atom is -0.484 e. The van der Waals surface area contributed by atoms with E-state index in [0.717, 1.165) is 12.0 Å². The number of hydrogen-bond acceptors (Lipinski definition) is 5. The third-order valence-corrected chi connectivity index (χ3v) is 5.45. The third-order valence-electron chi connectivity index (χ3n) is 4.43. The van der Waals surface area contributed by atoms with Crippen LogP contribution in [-0.2, 0) is 27.3 Å². The Morgan fingerprint density at radius 3 is 2.79 bits per heavy atom. The van der Waals surface area contributed by atoms with E-state index >= 15 is 0 Å². The fourth-order valence-electron chi connectivity index (χ4n) is 2.93. The van der Waals surface area contributed by atoms with Gasteiger partial charge in [0.2, 0.25) is 11.8 Å². The predicted molar refractivity (Wildman–Crippen MR) is 106 cm³/mol. The van der Waals surface area contributed by atoms with Crippen LogP contribution in [0.1, 0.15) is 28.8 Å². The van der Waals surface area contributed by atoms with Crippen molar-refractivity contribution in [3.05, 3.63) is 51.7 Å². The molecule has 1 aromatic carbocycles. The first kappa shape index (κ1) is 19.9. The number of nitrogens with one attached hydrogen (secondary N) is 2. The highest BCUT2D eigenvalue weighted by Crippen LogP contribution is 2.24. The summed E-state index contributed by atoms with van der Waals surface area (Å²) in [7, 11) is 0. The molecular weight excluding hydrogens is 378 g/mol. The van der Waals surface area contributed by atoms with Crippen molar-refractivity contribution >= 4 is 29.1 Å². The van der Waals surface area contributed by atoms with Crippen LogP contribution in [-0.4, -0.2) is 35.8 Å². The largest absolute Gasteiger partial charge is 0.484 e. The smallest absolute Gasteiger partial charge is 0.276 e. The highest BCUT2D eigenvalue weighted by atomic mass is 32.1. The Morgan fingerprint density at radius 2 is 1.96 bits per heavy atom. The van der Waals surface area contributed by atoms with Crippen molar-refractivity contribution in [3.8, 4) is 5.75 Å². The number of carbonyl (C=O) groups excluding carboxylic acids is 3. The first-order valence-electron chi connectivity index (χ1n) is 9.11. The van der Waals surface area contributed by atoms with E-state index in [0.29, 0.717) is 18.8 Å². The fraction of sp³-hybridized carbons (Fsp3) is 0.350. The van der Waals surface area contributed by atoms with Crippen molar-refractivity contribution in [1.29, 1.82) is 0 Å². The molecule has 0 bridgehead atoms. The molecule has 2 aromatic rings. The molecule has 0 radical (unpaired) electrons. The first-order valence-corrected chi connectivity index (χ1v) is 9.99. The second kappa shape index (κ2) is 9.36. The molecule has 0 atom stereocenters. The van der Waals surface area contributed by atoms with Gasteiger partial charge < -0.3 is 9.64 Å². The number of rotatable bonds is 6. The number of benzene rings is 1. The van der Waals surface area contributed by atoms with Crippen molar-refractivity contribution in [2.24, 2.45) is 0 Å². The quantitative estimate of drug-likeness (QED) is 0.725. The minimum absolute atomic E-state index is 0.0187. The molecule has 148 valence electrons. The third kappa shape index (κ3) is 5.56. The topological polar surface area (TPSA) is 87.7 Å². The molecule has 28 heavy (non-hydrogen) atoms. The van der Waals surface area contributed by atoms with Crippen LogP contribution in [0.3, 0.4) is 0 Å².